The Labute approximate surface area is 125 Å². The van der Waals surface area contributed by atoms with E-state index in [1.54, 1.807) is 6.20 Å². The SMILES string of the molecule is CCSc1ccc(C(Cc2cnccc2N)NC)cc1. The average Bonchev–Trinajstić information content (AvgIpc) is 2.48. The van der Waals surface area contributed by atoms with Gasteiger partial charge < -0.3 is 11.1 Å². The van der Waals surface area contributed by atoms with Crippen LogP contribution in [0.5, 0.6) is 0 Å². The third-order valence-electron chi connectivity index (χ3n) is 3.31. The number of pyridine rings is 1. The van der Waals surface area contributed by atoms with Gasteiger partial charge in [-0.3, -0.25) is 4.98 Å². The lowest BCUT2D eigenvalue weighted by Crippen LogP contribution is -2.19. The van der Waals surface area contributed by atoms with Crippen LogP contribution in [0.15, 0.2) is 47.6 Å². The molecule has 0 fully saturated rings. The molecular weight excluding hydrogens is 266 g/mol. The molecule has 0 spiro atoms. The Bertz CT molecular complexity index is 540. The van der Waals surface area contributed by atoms with Crippen molar-refractivity contribution in [3.8, 4) is 0 Å². The molecule has 0 amide bonds. The highest BCUT2D eigenvalue weighted by Crippen LogP contribution is 2.24. The number of nitrogens with zero attached hydrogens (tertiary/aromatic N) is 1. The molecule has 0 saturated heterocycles. The lowest BCUT2D eigenvalue weighted by Gasteiger charge is -2.18. The number of thioether (sulfide) groups is 1. The number of anilines is 1. The molecule has 0 radical (unpaired) electrons. The number of hydrogen-bond acceptors (Lipinski definition) is 4. The van der Waals surface area contributed by atoms with Crippen LogP contribution in [-0.2, 0) is 6.42 Å². The molecule has 20 heavy (non-hydrogen) atoms. The highest BCUT2D eigenvalue weighted by Gasteiger charge is 2.12. The van der Waals surface area contributed by atoms with Crippen molar-refractivity contribution in [3.63, 3.8) is 0 Å². The Morgan fingerprint density at radius 1 is 1.25 bits per heavy atom. The molecule has 106 valence electrons. The summed E-state index contributed by atoms with van der Waals surface area (Å²) in [5, 5.41) is 3.36. The Kier molecular flexibility index (Phi) is 5.44. The average molecular weight is 287 g/mol. The van der Waals surface area contributed by atoms with Crippen LogP contribution in [0.1, 0.15) is 24.1 Å². The van der Waals surface area contributed by atoms with Gasteiger partial charge in [-0.2, -0.15) is 0 Å². The number of likely N-dealkylation sites (N-methyl/N-ethyl adjacent to an activating group) is 1. The van der Waals surface area contributed by atoms with Gasteiger partial charge in [-0.25, -0.2) is 0 Å². The number of hydrogen-bond donors (Lipinski definition) is 2. The topological polar surface area (TPSA) is 50.9 Å². The zero-order valence-corrected chi connectivity index (χ0v) is 12.8. The maximum absolute atomic E-state index is 5.99. The molecule has 2 aromatic rings. The minimum absolute atomic E-state index is 0.252. The van der Waals surface area contributed by atoms with Crippen LogP contribution < -0.4 is 11.1 Å². The molecule has 1 unspecified atom stereocenters. The molecule has 1 heterocycles. The second-order valence-electron chi connectivity index (χ2n) is 4.62. The molecular formula is C16H21N3S. The Balaban J connectivity index is 2.13. The molecule has 3 nitrogen and oxygen atoms in total. The van der Waals surface area contributed by atoms with E-state index in [1.807, 2.05) is 31.1 Å². The predicted molar refractivity (Wildman–Crippen MR) is 87.0 cm³/mol. The van der Waals surface area contributed by atoms with Crippen LogP contribution in [-0.4, -0.2) is 17.8 Å². The normalized spacial score (nSPS) is 12.3. The van der Waals surface area contributed by atoms with Crippen molar-refractivity contribution >= 4 is 17.4 Å². The van der Waals surface area contributed by atoms with E-state index in [2.05, 4.69) is 41.5 Å². The van der Waals surface area contributed by atoms with Crippen LogP contribution >= 0.6 is 11.8 Å². The second-order valence-corrected chi connectivity index (χ2v) is 5.96. The summed E-state index contributed by atoms with van der Waals surface area (Å²) < 4.78 is 0. The Hall–Kier alpha value is -1.52. The second kappa shape index (κ2) is 7.31. The largest absolute Gasteiger partial charge is 0.398 e. The molecule has 0 aliphatic heterocycles. The summed E-state index contributed by atoms with van der Waals surface area (Å²) in [6.45, 7) is 2.17. The van der Waals surface area contributed by atoms with Gasteiger partial charge in [-0.15, -0.1) is 11.8 Å². The van der Waals surface area contributed by atoms with Gasteiger partial charge in [0.15, 0.2) is 0 Å². The molecule has 2 rings (SSSR count). The van der Waals surface area contributed by atoms with Gasteiger partial charge in [-0.05, 0) is 48.5 Å². The van der Waals surface area contributed by atoms with Gasteiger partial charge in [0.05, 0.1) is 0 Å². The van der Waals surface area contributed by atoms with Crippen LogP contribution in [0.2, 0.25) is 0 Å². The van der Waals surface area contributed by atoms with E-state index < -0.39 is 0 Å². The lowest BCUT2D eigenvalue weighted by atomic mass is 9.99. The molecule has 0 bridgehead atoms. The first-order valence-corrected chi connectivity index (χ1v) is 7.81. The van der Waals surface area contributed by atoms with Crippen molar-refractivity contribution in [2.24, 2.45) is 0 Å². The summed E-state index contributed by atoms with van der Waals surface area (Å²) in [6, 6.07) is 10.8. The fraction of sp³-hybridized carbons (Fsp3) is 0.312. The van der Waals surface area contributed by atoms with Crippen molar-refractivity contribution in [1.82, 2.24) is 10.3 Å². The van der Waals surface area contributed by atoms with Crippen LogP contribution in [0, 0.1) is 0 Å². The lowest BCUT2D eigenvalue weighted by molar-refractivity contribution is 0.591. The van der Waals surface area contributed by atoms with E-state index in [0.29, 0.717) is 0 Å². The zero-order chi connectivity index (χ0) is 14.4. The van der Waals surface area contributed by atoms with Crippen LogP contribution in [0.4, 0.5) is 5.69 Å². The van der Waals surface area contributed by atoms with E-state index in [9.17, 15) is 0 Å². The third-order valence-corrected chi connectivity index (χ3v) is 4.20. The minimum atomic E-state index is 0.252. The zero-order valence-electron chi connectivity index (χ0n) is 12.0. The number of benzene rings is 1. The number of nitrogen functional groups attached to an aromatic ring is 1. The molecule has 0 aliphatic rings. The maximum Gasteiger partial charge on any atom is 0.0378 e. The van der Waals surface area contributed by atoms with Gasteiger partial charge in [0.25, 0.3) is 0 Å². The summed E-state index contributed by atoms with van der Waals surface area (Å²) in [6.07, 6.45) is 4.42. The molecule has 1 aromatic carbocycles. The molecule has 0 aliphatic carbocycles. The number of aromatic nitrogens is 1. The van der Waals surface area contributed by atoms with Crippen molar-refractivity contribution in [2.75, 3.05) is 18.5 Å². The smallest absolute Gasteiger partial charge is 0.0378 e. The Morgan fingerprint density at radius 3 is 2.60 bits per heavy atom. The van der Waals surface area contributed by atoms with Gasteiger partial charge >= 0.3 is 0 Å². The van der Waals surface area contributed by atoms with Gasteiger partial charge in [0, 0.05) is 29.0 Å². The van der Waals surface area contributed by atoms with Gasteiger partial charge in [0.1, 0.15) is 0 Å². The third kappa shape index (κ3) is 3.74. The maximum atomic E-state index is 5.99. The van der Waals surface area contributed by atoms with E-state index in [-0.39, 0.29) is 6.04 Å². The fourth-order valence-corrected chi connectivity index (χ4v) is 2.84. The summed E-state index contributed by atoms with van der Waals surface area (Å²) in [4.78, 5) is 5.47. The van der Waals surface area contributed by atoms with Gasteiger partial charge in [0.2, 0.25) is 0 Å². The standard InChI is InChI=1S/C16H21N3S/c1-3-20-14-6-4-12(5-7-14)16(18-2)10-13-11-19-9-8-15(13)17/h4-9,11,16,18H,3,10H2,1-2H3,(H2,17,19). The van der Waals surface area contributed by atoms with Crippen molar-refractivity contribution in [1.29, 1.82) is 0 Å². The van der Waals surface area contributed by atoms with Crippen LogP contribution in [0.25, 0.3) is 0 Å². The summed E-state index contributed by atoms with van der Waals surface area (Å²) >= 11 is 1.86. The fourth-order valence-electron chi connectivity index (χ4n) is 2.18. The predicted octanol–water partition coefficient (Wildman–Crippen LogP) is 3.28. The summed E-state index contributed by atoms with van der Waals surface area (Å²) in [7, 11) is 1.98. The first-order valence-electron chi connectivity index (χ1n) is 6.83. The molecule has 4 heteroatoms. The highest BCUT2D eigenvalue weighted by molar-refractivity contribution is 7.99. The summed E-state index contributed by atoms with van der Waals surface area (Å²) in [5.41, 5.74) is 9.15. The highest BCUT2D eigenvalue weighted by atomic mass is 32.2. The van der Waals surface area contributed by atoms with E-state index in [1.165, 1.54) is 10.5 Å². The number of rotatable bonds is 6. The van der Waals surface area contributed by atoms with E-state index in [0.717, 1.165) is 23.4 Å². The molecule has 0 saturated carbocycles. The molecule has 1 atom stereocenters. The van der Waals surface area contributed by atoms with E-state index in [4.69, 9.17) is 5.73 Å². The number of nitrogens with two attached hydrogens (primary N) is 1. The minimum Gasteiger partial charge on any atom is -0.398 e. The molecule has 3 N–H and O–H groups in total. The van der Waals surface area contributed by atoms with Gasteiger partial charge in [-0.1, -0.05) is 19.1 Å². The Morgan fingerprint density at radius 2 is 2.00 bits per heavy atom. The van der Waals surface area contributed by atoms with Crippen LogP contribution in [0.3, 0.4) is 0 Å². The quantitative estimate of drug-likeness (QED) is 0.801. The molecule has 1 aromatic heterocycles. The monoisotopic (exact) mass is 287 g/mol. The van der Waals surface area contributed by atoms with Crippen molar-refractivity contribution < 1.29 is 0 Å². The van der Waals surface area contributed by atoms with Crippen molar-refractivity contribution in [3.05, 3.63) is 53.9 Å². The first-order chi connectivity index (χ1) is 9.74. The van der Waals surface area contributed by atoms with Crippen molar-refractivity contribution in [2.45, 2.75) is 24.3 Å². The van der Waals surface area contributed by atoms with E-state index >= 15 is 0 Å². The number of nitrogens with one attached hydrogen (secondary N) is 1. The first kappa shape index (κ1) is 14.9. The summed E-state index contributed by atoms with van der Waals surface area (Å²) in [5.74, 6) is 1.10.